The highest BCUT2D eigenvalue weighted by molar-refractivity contribution is 9.10. The molecule has 1 heterocycles. The van der Waals surface area contributed by atoms with Crippen molar-refractivity contribution < 1.29 is 17.9 Å². The third-order valence-corrected chi connectivity index (χ3v) is 3.21. The second-order valence-electron chi connectivity index (χ2n) is 4.15. The Bertz CT molecular complexity index is 439. The van der Waals surface area contributed by atoms with Crippen molar-refractivity contribution in [3.05, 3.63) is 22.7 Å². The maximum absolute atomic E-state index is 12.3. The van der Waals surface area contributed by atoms with Crippen LogP contribution >= 0.6 is 15.9 Å². The van der Waals surface area contributed by atoms with Crippen molar-refractivity contribution in [2.24, 2.45) is 5.73 Å². The maximum atomic E-state index is 12.3. The van der Waals surface area contributed by atoms with Gasteiger partial charge in [0.2, 0.25) is 0 Å². The lowest BCUT2D eigenvalue weighted by Crippen LogP contribution is -2.27. The van der Waals surface area contributed by atoms with Gasteiger partial charge in [0, 0.05) is 23.6 Å². The van der Waals surface area contributed by atoms with Crippen molar-refractivity contribution in [2.75, 3.05) is 18.0 Å². The third-order valence-electron chi connectivity index (χ3n) is 2.71. The van der Waals surface area contributed by atoms with Crippen molar-refractivity contribution in [1.82, 2.24) is 0 Å². The number of nitrogens with two attached hydrogens (primary N) is 1. The molecule has 1 aromatic rings. The van der Waals surface area contributed by atoms with Gasteiger partial charge < -0.3 is 15.4 Å². The van der Waals surface area contributed by atoms with Crippen LogP contribution < -0.4 is 15.4 Å². The topological polar surface area (TPSA) is 38.5 Å². The number of nitrogens with zero attached hydrogens (tertiary/aromatic N) is 1. The Labute approximate surface area is 111 Å². The van der Waals surface area contributed by atoms with E-state index in [9.17, 15) is 13.2 Å². The van der Waals surface area contributed by atoms with Gasteiger partial charge in [-0.3, -0.25) is 0 Å². The first-order chi connectivity index (χ1) is 8.35. The minimum Gasteiger partial charge on any atom is -0.404 e. The molecule has 18 heavy (non-hydrogen) atoms. The molecule has 7 heteroatoms. The average molecular weight is 325 g/mol. The fourth-order valence-corrected chi connectivity index (χ4v) is 2.30. The number of alkyl halides is 3. The predicted molar refractivity (Wildman–Crippen MR) is 65.6 cm³/mol. The van der Waals surface area contributed by atoms with E-state index in [2.05, 4.69) is 20.7 Å². The molecule has 1 unspecified atom stereocenters. The Balaban J connectivity index is 2.28. The SMILES string of the molecule is NC1CCN(c2ccc(Br)cc2OC(F)(F)F)C1. The number of hydrogen-bond donors (Lipinski definition) is 1. The summed E-state index contributed by atoms with van der Waals surface area (Å²) in [6, 6.07) is 4.59. The molecule has 0 saturated carbocycles. The first-order valence-corrected chi connectivity index (χ1v) is 6.20. The standard InChI is InChI=1S/C11H12BrF3N2O/c12-7-1-2-9(17-4-3-8(16)6-17)10(5-7)18-11(13,14)15/h1-2,5,8H,3-4,6,16H2. The van der Waals surface area contributed by atoms with Crippen LogP contribution in [-0.4, -0.2) is 25.5 Å². The monoisotopic (exact) mass is 324 g/mol. The normalized spacial score (nSPS) is 20.3. The smallest absolute Gasteiger partial charge is 0.404 e. The Kier molecular flexibility index (Phi) is 3.72. The van der Waals surface area contributed by atoms with Gasteiger partial charge in [-0.25, -0.2) is 0 Å². The molecule has 0 spiro atoms. The van der Waals surface area contributed by atoms with Crippen LogP contribution in [0.25, 0.3) is 0 Å². The van der Waals surface area contributed by atoms with E-state index in [1.807, 2.05) is 0 Å². The Morgan fingerprint density at radius 2 is 2.11 bits per heavy atom. The van der Waals surface area contributed by atoms with E-state index in [-0.39, 0.29) is 11.8 Å². The molecule has 1 aliphatic rings. The lowest BCUT2D eigenvalue weighted by Gasteiger charge is -2.22. The minimum atomic E-state index is -4.70. The summed E-state index contributed by atoms with van der Waals surface area (Å²) in [4.78, 5) is 1.80. The molecule has 0 amide bonds. The number of halogens is 4. The highest BCUT2D eigenvalue weighted by Crippen LogP contribution is 2.36. The molecule has 0 radical (unpaired) electrons. The molecule has 0 aliphatic carbocycles. The molecule has 2 rings (SSSR count). The summed E-state index contributed by atoms with van der Waals surface area (Å²) in [6.45, 7) is 1.17. The van der Waals surface area contributed by atoms with Gasteiger partial charge >= 0.3 is 6.36 Å². The van der Waals surface area contributed by atoms with Gasteiger partial charge in [-0.15, -0.1) is 13.2 Å². The zero-order chi connectivity index (χ0) is 13.3. The number of ether oxygens (including phenoxy) is 1. The zero-order valence-electron chi connectivity index (χ0n) is 9.38. The molecule has 100 valence electrons. The van der Waals surface area contributed by atoms with Crippen LogP contribution in [0.1, 0.15) is 6.42 Å². The quantitative estimate of drug-likeness (QED) is 0.909. The molecule has 0 aromatic heterocycles. The van der Waals surface area contributed by atoms with E-state index in [0.717, 1.165) is 6.42 Å². The van der Waals surface area contributed by atoms with Crippen LogP contribution in [0.5, 0.6) is 5.75 Å². The summed E-state index contributed by atoms with van der Waals surface area (Å²) in [5.74, 6) is -0.203. The molecule has 1 fully saturated rings. The van der Waals surface area contributed by atoms with Gasteiger partial charge in [-0.05, 0) is 24.6 Å². The van der Waals surface area contributed by atoms with Crippen LogP contribution in [0.3, 0.4) is 0 Å². The summed E-state index contributed by atoms with van der Waals surface area (Å²) in [6.07, 6.45) is -3.93. The van der Waals surface area contributed by atoms with Crippen molar-refractivity contribution in [2.45, 2.75) is 18.8 Å². The van der Waals surface area contributed by atoms with Gasteiger partial charge in [0.05, 0.1) is 5.69 Å². The van der Waals surface area contributed by atoms with Gasteiger partial charge in [0.25, 0.3) is 0 Å². The van der Waals surface area contributed by atoms with Crippen LogP contribution in [0.2, 0.25) is 0 Å². The highest BCUT2D eigenvalue weighted by atomic mass is 79.9. The second-order valence-corrected chi connectivity index (χ2v) is 5.07. The van der Waals surface area contributed by atoms with Crippen molar-refractivity contribution >= 4 is 21.6 Å². The van der Waals surface area contributed by atoms with E-state index in [4.69, 9.17) is 5.73 Å². The molecular weight excluding hydrogens is 313 g/mol. The molecule has 1 aromatic carbocycles. The molecule has 3 nitrogen and oxygen atoms in total. The lowest BCUT2D eigenvalue weighted by atomic mass is 10.2. The van der Waals surface area contributed by atoms with Crippen molar-refractivity contribution in [1.29, 1.82) is 0 Å². The number of hydrogen-bond acceptors (Lipinski definition) is 3. The summed E-state index contributed by atoms with van der Waals surface area (Å²) >= 11 is 3.13. The fraction of sp³-hybridized carbons (Fsp3) is 0.455. The number of anilines is 1. The Morgan fingerprint density at radius 3 is 2.67 bits per heavy atom. The number of benzene rings is 1. The van der Waals surface area contributed by atoms with E-state index < -0.39 is 6.36 Å². The minimum absolute atomic E-state index is 0.00705. The fourth-order valence-electron chi connectivity index (χ4n) is 1.96. The second kappa shape index (κ2) is 4.97. The van der Waals surface area contributed by atoms with Crippen molar-refractivity contribution in [3.8, 4) is 5.75 Å². The van der Waals surface area contributed by atoms with Gasteiger partial charge in [0.1, 0.15) is 0 Å². The average Bonchev–Trinajstić information content (AvgIpc) is 2.62. The molecule has 0 bridgehead atoms. The summed E-state index contributed by atoms with van der Waals surface area (Å²) in [7, 11) is 0. The van der Waals surface area contributed by atoms with Crippen LogP contribution in [0, 0.1) is 0 Å². The lowest BCUT2D eigenvalue weighted by molar-refractivity contribution is -0.274. The van der Waals surface area contributed by atoms with Gasteiger partial charge in [-0.2, -0.15) is 0 Å². The van der Waals surface area contributed by atoms with Crippen LogP contribution in [0.15, 0.2) is 22.7 Å². The van der Waals surface area contributed by atoms with Crippen LogP contribution in [-0.2, 0) is 0 Å². The molecule has 1 aliphatic heterocycles. The van der Waals surface area contributed by atoms with E-state index >= 15 is 0 Å². The number of rotatable bonds is 2. The first kappa shape index (κ1) is 13.5. The summed E-state index contributed by atoms with van der Waals surface area (Å²) < 4.78 is 41.6. The summed E-state index contributed by atoms with van der Waals surface area (Å²) in [5.41, 5.74) is 6.18. The van der Waals surface area contributed by atoms with E-state index in [1.54, 1.807) is 17.0 Å². The largest absolute Gasteiger partial charge is 0.573 e. The van der Waals surface area contributed by atoms with Crippen LogP contribution in [0.4, 0.5) is 18.9 Å². The molecular formula is C11H12BrF3N2O. The van der Waals surface area contributed by atoms with E-state index in [1.165, 1.54) is 6.07 Å². The predicted octanol–water partition coefficient (Wildman–Crippen LogP) is 2.89. The molecule has 1 atom stereocenters. The van der Waals surface area contributed by atoms with Gasteiger partial charge in [-0.1, -0.05) is 15.9 Å². The zero-order valence-corrected chi connectivity index (χ0v) is 11.0. The van der Waals surface area contributed by atoms with Gasteiger partial charge in [0.15, 0.2) is 5.75 Å². The third kappa shape index (κ3) is 3.29. The molecule has 2 N–H and O–H groups in total. The first-order valence-electron chi connectivity index (χ1n) is 5.41. The maximum Gasteiger partial charge on any atom is 0.573 e. The molecule has 1 saturated heterocycles. The van der Waals surface area contributed by atoms with Crippen molar-refractivity contribution in [3.63, 3.8) is 0 Å². The Hall–Kier alpha value is -0.950. The van der Waals surface area contributed by atoms with E-state index in [0.29, 0.717) is 23.2 Å². The summed E-state index contributed by atoms with van der Waals surface area (Å²) in [5, 5.41) is 0. The highest BCUT2D eigenvalue weighted by Gasteiger charge is 2.33. The Morgan fingerprint density at radius 1 is 1.39 bits per heavy atom.